The Hall–Kier alpha value is -1.30. The number of urea groups is 1. The molecule has 6 heteroatoms. The SMILES string of the molecule is CCC(C)(CNC(=O)N(C)CC1CCN(C)C1)C(=O)O. The maximum Gasteiger partial charge on any atom is 0.317 e. The molecule has 1 rings (SSSR count). The third-order valence-electron chi connectivity index (χ3n) is 4.29. The number of carboxylic acids is 1. The number of nitrogens with one attached hydrogen (secondary N) is 1. The second-order valence-electron chi connectivity index (χ2n) is 6.18. The average Bonchev–Trinajstić information content (AvgIpc) is 2.80. The first kappa shape index (κ1) is 16.8. The summed E-state index contributed by atoms with van der Waals surface area (Å²) in [7, 11) is 3.84. The van der Waals surface area contributed by atoms with E-state index in [1.165, 1.54) is 0 Å². The Morgan fingerprint density at radius 3 is 2.60 bits per heavy atom. The molecule has 1 fully saturated rings. The molecule has 20 heavy (non-hydrogen) atoms. The van der Waals surface area contributed by atoms with Gasteiger partial charge in [-0.05, 0) is 39.3 Å². The zero-order valence-corrected chi connectivity index (χ0v) is 13.0. The van der Waals surface area contributed by atoms with Gasteiger partial charge in [0.05, 0.1) is 5.41 Å². The number of hydrogen-bond acceptors (Lipinski definition) is 3. The van der Waals surface area contributed by atoms with Crippen molar-refractivity contribution in [3.63, 3.8) is 0 Å². The maximum absolute atomic E-state index is 12.0. The van der Waals surface area contributed by atoms with E-state index >= 15 is 0 Å². The van der Waals surface area contributed by atoms with Gasteiger partial charge in [-0.2, -0.15) is 0 Å². The topological polar surface area (TPSA) is 72.9 Å². The lowest BCUT2D eigenvalue weighted by Gasteiger charge is -2.26. The summed E-state index contributed by atoms with van der Waals surface area (Å²) in [5, 5.41) is 11.9. The van der Waals surface area contributed by atoms with Gasteiger partial charge >= 0.3 is 12.0 Å². The summed E-state index contributed by atoms with van der Waals surface area (Å²) < 4.78 is 0. The lowest BCUT2D eigenvalue weighted by Crippen LogP contribution is -2.46. The summed E-state index contributed by atoms with van der Waals surface area (Å²) in [4.78, 5) is 27.1. The molecule has 0 radical (unpaired) electrons. The van der Waals surface area contributed by atoms with Crippen molar-refractivity contribution >= 4 is 12.0 Å². The molecule has 1 aliphatic heterocycles. The molecule has 0 aromatic carbocycles. The van der Waals surface area contributed by atoms with Crippen LogP contribution < -0.4 is 5.32 Å². The summed E-state index contributed by atoms with van der Waals surface area (Å²) in [5.74, 6) is -0.367. The number of aliphatic carboxylic acids is 1. The fraction of sp³-hybridized carbons (Fsp3) is 0.857. The van der Waals surface area contributed by atoms with E-state index in [4.69, 9.17) is 0 Å². The van der Waals surface area contributed by atoms with Gasteiger partial charge in [-0.1, -0.05) is 6.92 Å². The fourth-order valence-corrected chi connectivity index (χ4v) is 2.40. The zero-order chi connectivity index (χ0) is 15.3. The van der Waals surface area contributed by atoms with Crippen LogP contribution in [0, 0.1) is 11.3 Å². The highest BCUT2D eigenvalue weighted by molar-refractivity contribution is 5.77. The van der Waals surface area contributed by atoms with Gasteiger partial charge in [-0.25, -0.2) is 4.79 Å². The molecule has 1 heterocycles. The van der Waals surface area contributed by atoms with Crippen molar-refractivity contribution in [2.24, 2.45) is 11.3 Å². The van der Waals surface area contributed by atoms with Crippen LogP contribution in [0.4, 0.5) is 4.79 Å². The Kier molecular flexibility index (Phi) is 5.80. The van der Waals surface area contributed by atoms with Crippen LogP contribution in [0.2, 0.25) is 0 Å². The molecule has 0 aliphatic carbocycles. The number of amides is 2. The standard InChI is InChI=1S/C14H27N3O3/c1-5-14(2,12(18)19)10-15-13(20)17(4)9-11-6-7-16(3)8-11/h11H,5-10H2,1-4H3,(H,15,20)(H,18,19). The molecule has 1 saturated heterocycles. The van der Waals surface area contributed by atoms with Crippen molar-refractivity contribution in [2.75, 3.05) is 40.3 Å². The van der Waals surface area contributed by atoms with Crippen LogP contribution in [0.25, 0.3) is 0 Å². The summed E-state index contributed by atoms with van der Waals surface area (Å²) >= 11 is 0. The van der Waals surface area contributed by atoms with Crippen molar-refractivity contribution in [1.29, 1.82) is 0 Å². The highest BCUT2D eigenvalue weighted by atomic mass is 16.4. The van der Waals surface area contributed by atoms with Crippen LogP contribution in [0.15, 0.2) is 0 Å². The van der Waals surface area contributed by atoms with E-state index in [1.807, 2.05) is 6.92 Å². The van der Waals surface area contributed by atoms with E-state index in [2.05, 4.69) is 17.3 Å². The van der Waals surface area contributed by atoms with E-state index in [9.17, 15) is 14.7 Å². The third-order valence-corrected chi connectivity index (χ3v) is 4.29. The number of nitrogens with zero attached hydrogens (tertiary/aromatic N) is 2. The minimum Gasteiger partial charge on any atom is -0.481 e. The van der Waals surface area contributed by atoms with Crippen molar-refractivity contribution < 1.29 is 14.7 Å². The van der Waals surface area contributed by atoms with Gasteiger partial charge in [0.15, 0.2) is 0 Å². The number of carbonyl (C=O) groups is 2. The average molecular weight is 285 g/mol. The Labute approximate surface area is 121 Å². The van der Waals surface area contributed by atoms with Gasteiger partial charge in [-0.3, -0.25) is 4.79 Å². The van der Waals surface area contributed by atoms with Gasteiger partial charge in [0.2, 0.25) is 0 Å². The number of likely N-dealkylation sites (tertiary alicyclic amines) is 1. The molecule has 0 bridgehead atoms. The summed E-state index contributed by atoms with van der Waals surface area (Å²) in [6.45, 7) is 6.44. The first-order valence-electron chi connectivity index (χ1n) is 7.19. The maximum atomic E-state index is 12.0. The van der Waals surface area contributed by atoms with Gasteiger partial charge in [0.25, 0.3) is 0 Å². The Morgan fingerprint density at radius 1 is 1.50 bits per heavy atom. The first-order chi connectivity index (χ1) is 9.28. The van der Waals surface area contributed by atoms with Crippen LogP contribution in [-0.2, 0) is 4.79 Å². The predicted molar refractivity (Wildman–Crippen MR) is 77.7 cm³/mol. The number of carbonyl (C=O) groups excluding carboxylic acids is 1. The lowest BCUT2D eigenvalue weighted by molar-refractivity contribution is -0.147. The lowest BCUT2D eigenvalue weighted by atomic mass is 9.88. The van der Waals surface area contributed by atoms with Crippen molar-refractivity contribution in [1.82, 2.24) is 15.1 Å². The molecule has 2 unspecified atom stereocenters. The van der Waals surface area contributed by atoms with Crippen molar-refractivity contribution in [3.05, 3.63) is 0 Å². The highest BCUT2D eigenvalue weighted by Gasteiger charge is 2.32. The van der Waals surface area contributed by atoms with E-state index in [-0.39, 0.29) is 12.6 Å². The summed E-state index contributed by atoms with van der Waals surface area (Å²) in [5.41, 5.74) is -0.899. The fourth-order valence-electron chi connectivity index (χ4n) is 2.40. The molecule has 1 aliphatic rings. The largest absolute Gasteiger partial charge is 0.481 e. The molecule has 0 saturated carbocycles. The quantitative estimate of drug-likeness (QED) is 0.766. The highest BCUT2D eigenvalue weighted by Crippen LogP contribution is 2.20. The molecular weight excluding hydrogens is 258 g/mol. The second-order valence-corrected chi connectivity index (χ2v) is 6.18. The van der Waals surface area contributed by atoms with E-state index < -0.39 is 11.4 Å². The predicted octanol–water partition coefficient (Wildman–Crippen LogP) is 1.08. The van der Waals surface area contributed by atoms with Crippen LogP contribution in [0.3, 0.4) is 0 Å². The van der Waals surface area contributed by atoms with Crippen molar-refractivity contribution in [3.8, 4) is 0 Å². The number of carboxylic acid groups (broad SMARTS) is 1. The number of hydrogen-bond donors (Lipinski definition) is 2. The van der Waals surface area contributed by atoms with Crippen LogP contribution in [0.5, 0.6) is 0 Å². The smallest absolute Gasteiger partial charge is 0.317 e. The molecule has 0 aromatic heterocycles. The molecule has 0 aromatic rings. The molecule has 2 amide bonds. The number of rotatable bonds is 6. The van der Waals surface area contributed by atoms with Gasteiger partial charge in [0, 0.05) is 26.7 Å². The molecule has 2 N–H and O–H groups in total. The van der Waals surface area contributed by atoms with Gasteiger partial charge in [-0.15, -0.1) is 0 Å². The minimum absolute atomic E-state index is 0.159. The molecule has 116 valence electrons. The monoisotopic (exact) mass is 285 g/mol. The van der Waals surface area contributed by atoms with E-state index in [0.29, 0.717) is 18.9 Å². The Bertz CT molecular complexity index is 362. The van der Waals surface area contributed by atoms with Crippen LogP contribution in [-0.4, -0.2) is 67.2 Å². The molecule has 6 nitrogen and oxygen atoms in total. The van der Waals surface area contributed by atoms with Gasteiger partial charge < -0.3 is 20.2 Å². The molecule has 2 atom stereocenters. The van der Waals surface area contributed by atoms with Crippen molar-refractivity contribution in [2.45, 2.75) is 26.7 Å². The zero-order valence-electron chi connectivity index (χ0n) is 13.0. The summed E-state index contributed by atoms with van der Waals surface area (Å²) in [6, 6.07) is -0.194. The van der Waals surface area contributed by atoms with Crippen LogP contribution >= 0.6 is 0 Å². The first-order valence-corrected chi connectivity index (χ1v) is 7.19. The second kappa shape index (κ2) is 6.92. The Morgan fingerprint density at radius 2 is 2.15 bits per heavy atom. The van der Waals surface area contributed by atoms with E-state index in [1.54, 1.807) is 18.9 Å². The summed E-state index contributed by atoms with van der Waals surface area (Å²) in [6.07, 6.45) is 1.59. The molecular formula is C14H27N3O3. The third kappa shape index (κ3) is 4.37. The van der Waals surface area contributed by atoms with E-state index in [0.717, 1.165) is 19.5 Å². The van der Waals surface area contributed by atoms with Gasteiger partial charge in [0.1, 0.15) is 0 Å². The molecule has 0 spiro atoms. The minimum atomic E-state index is -0.899. The Balaban J connectivity index is 2.40. The van der Waals surface area contributed by atoms with Crippen LogP contribution in [0.1, 0.15) is 26.7 Å². The normalized spacial score (nSPS) is 22.3.